The van der Waals surface area contributed by atoms with Gasteiger partial charge >= 0.3 is 0 Å². The molecule has 10 aromatic rings. The second-order valence-electron chi connectivity index (χ2n) is 12.2. The highest BCUT2D eigenvalue weighted by atomic mass is 31.2. The fourth-order valence-electron chi connectivity index (χ4n) is 7.25. The average molecular weight is 633 g/mol. The molecule has 0 fully saturated rings. The number of benzene rings is 6. The maximum atomic E-state index is 16.3. The molecule has 6 aromatic carbocycles. The Labute approximate surface area is 274 Å². The lowest BCUT2D eigenvalue weighted by Crippen LogP contribution is -2.29. The average Bonchev–Trinajstić information content (AvgIpc) is 3.17. The third-order valence-corrected chi connectivity index (χ3v) is 12.4. The highest BCUT2D eigenvalue weighted by Gasteiger charge is 2.34. The lowest BCUT2D eigenvalue weighted by Gasteiger charge is -2.20. The van der Waals surface area contributed by atoms with E-state index in [0.29, 0.717) is 16.2 Å². The second kappa shape index (κ2) is 10.2. The van der Waals surface area contributed by atoms with Crippen LogP contribution in [0.2, 0.25) is 0 Å². The van der Waals surface area contributed by atoms with Gasteiger partial charge in [-0.2, -0.15) is 0 Å². The smallest absolute Gasteiger partial charge is 0.206 e. The Morgan fingerprint density at radius 2 is 0.792 bits per heavy atom. The number of fused-ring (bicyclic) bond motifs is 12. The van der Waals surface area contributed by atoms with Crippen molar-refractivity contribution in [3.63, 3.8) is 0 Å². The summed E-state index contributed by atoms with van der Waals surface area (Å²) in [6.45, 7) is 0. The highest BCUT2D eigenvalue weighted by molar-refractivity contribution is 7.85. The summed E-state index contributed by atoms with van der Waals surface area (Å²) < 4.78 is 16.3. The highest BCUT2D eigenvalue weighted by Crippen LogP contribution is 2.44. The molecule has 0 aliphatic carbocycles. The summed E-state index contributed by atoms with van der Waals surface area (Å²) >= 11 is 0. The molecule has 0 aliphatic heterocycles. The van der Waals surface area contributed by atoms with E-state index in [-0.39, 0.29) is 0 Å². The summed E-state index contributed by atoms with van der Waals surface area (Å²) in [5, 5.41) is 11.3. The molecule has 0 amide bonds. The van der Waals surface area contributed by atoms with E-state index in [9.17, 15) is 0 Å². The van der Waals surface area contributed by atoms with E-state index in [4.69, 9.17) is 9.97 Å². The molecular formula is C42H25N4OP. The van der Waals surface area contributed by atoms with Gasteiger partial charge < -0.3 is 4.57 Å². The Morgan fingerprint density at radius 1 is 0.375 bits per heavy atom. The molecule has 0 unspecified atom stereocenters. The molecule has 10 rings (SSSR count). The lowest BCUT2D eigenvalue weighted by atomic mass is 9.94. The van der Waals surface area contributed by atoms with Crippen LogP contribution in [0.3, 0.4) is 0 Å². The molecule has 4 heterocycles. The third kappa shape index (κ3) is 3.89. The first-order valence-electron chi connectivity index (χ1n) is 15.9. The fourth-order valence-corrected chi connectivity index (χ4v) is 9.66. The summed E-state index contributed by atoms with van der Waals surface area (Å²) in [5.41, 5.74) is 3.93. The van der Waals surface area contributed by atoms with Gasteiger partial charge in [0.05, 0.1) is 22.1 Å². The first-order chi connectivity index (χ1) is 23.7. The van der Waals surface area contributed by atoms with Crippen molar-refractivity contribution in [1.29, 1.82) is 0 Å². The van der Waals surface area contributed by atoms with E-state index in [1.54, 1.807) is 12.4 Å². The minimum absolute atomic E-state index is 0.470. The summed E-state index contributed by atoms with van der Waals surface area (Å²) in [6.07, 6.45) is 3.55. The van der Waals surface area contributed by atoms with Crippen LogP contribution in [0.1, 0.15) is 0 Å². The van der Waals surface area contributed by atoms with Crippen LogP contribution in [0.25, 0.3) is 75.9 Å². The van der Waals surface area contributed by atoms with Crippen LogP contribution in [0.15, 0.2) is 152 Å². The lowest BCUT2D eigenvalue weighted by molar-refractivity contribution is 0.591. The SMILES string of the molecule is O=P(c1ccc2c3ccccc3c3ccccc3c2c1)(c1ccc2ccc3cccnc3c2n1)c1ccc2ccc3cccnc3c2n1. The molecule has 5 nitrogen and oxygen atoms in total. The van der Waals surface area contributed by atoms with Crippen LogP contribution in [0.5, 0.6) is 0 Å². The van der Waals surface area contributed by atoms with E-state index in [1.165, 1.54) is 5.39 Å². The largest absolute Gasteiger partial charge is 0.305 e. The monoisotopic (exact) mass is 632 g/mol. The zero-order valence-corrected chi connectivity index (χ0v) is 26.5. The maximum Gasteiger partial charge on any atom is 0.206 e. The number of pyridine rings is 4. The van der Waals surface area contributed by atoms with E-state index in [1.807, 2.05) is 78.9 Å². The molecule has 0 aliphatic rings. The van der Waals surface area contributed by atoms with E-state index in [2.05, 4.69) is 70.6 Å². The summed E-state index contributed by atoms with van der Waals surface area (Å²) in [6, 6.07) is 47.0. The Kier molecular flexibility index (Phi) is 5.78. The molecule has 0 saturated carbocycles. The molecule has 0 spiro atoms. The standard InChI is InChI=1S/C42H25N4OP/c47-48(37-21-17-28-15-13-26-7-5-23-43-39(26)41(28)45-37,38-22-18-29-16-14-27-8-6-24-44-40(27)42(29)46-38)30-19-20-35-33-11-2-1-9-31(33)32-10-3-4-12-34(32)36(35)25-30/h1-25H. The van der Waals surface area contributed by atoms with Crippen molar-refractivity contribution >= 4 is 99.2 Å². The Hall–Kier alpha value is -6.03. The summed E-state index contributed by atoms with van der Waals surface area (Å²) in [4.78, 5) is 19.7. The van der Waals surface area contributed by atoms with Crippen molar-refractivity contribution in [3.05, 3.63) is 152 Å². The zero-order chi connectivity index (χ0) is 31.8. The third-order valence-electron chi connectivity index (χ3n) is 9.57. The van der Waals surface area contributed by atoms with Crippen LogP contribution in [0.4, 0.5) is 0 Å². The quantitative estimate of drug-likeness (QED) is 0.144. The van der Waals surface area contributed by atoms with Crippen LogP contribution < -0.4 is 16.2 Å². The van der Waals surface area contributed by atoms with Gasteiger partial charge in [-0.1, -0.05) is 109 Å². The molecule has 0 atom stereocenters. The predicted molar refractivity (Wildman–Crippen MR) is 200 cm³/mol. The zero-order valence-electron chi connectivity index (χ0n) is 25.6. The van der Waals surface area contributed by atoms with E-state index in [0.717, 1.165) is 70.5 Å². The van der Waals surface area contributed by atoms with Crippen molar-refractivity contribution in [1.82, 2.24) is 19.9 Å². The van der Waals surface area contributed by atoms with E-state index >= 15 is 4.57 Å². The van der Waals surface area contributed by atoms with Gasteiger partial charge in [0.1, 0.15) is 10.9 Å². The van der Waals surface area contributed by atoms with Crippen molar-refractivity contribution in [2.75, 3.05) is 0 Å². The van der Waals surface area contributed by atoms with Crippen molar-refractivity contribution in [2.24, 2.45) is 0 Å². The topological polar surface area (TPSA) is 68.6 Å². The second-order valence-corrected chi connectivity index (χ2v) is 14.8. The van der Waals surface area contributed by atoms with Crippen molar-refractivity contribution in [3.8, 4) is 0 Å². The predicted octanol–water partition coefficient (Wildman–Crippen LogP) is 8.98. The Morgan fingerprint density at radius 3 is 1.29 bits per heavy atom. The van der Waals surface area contributed by atoms with Gasteiger partial charge in [0.2, 0.25) is 7.14 Å². The normalized spacial score (nSPS) is 12.2. The van der Waals surface area contributed by atoms with Crippen LogP contribution in [-0.4, -0.2) is 19.9 Å². The minimum Gasteiger partial charge on any atom is -0.305 e. The van der Waals surface area contributed by atoms with Crippen LogP contribution in [0, 0.1) is 0 Å². The number of aromatic nitrogens is 4. The number of rotatable bonds is 3. The Bertz CT molecular complexity index is 2850. The first-order valence-corrected chi connectivity index (χ1v) is 17.6. The molecule has 48 heavy (non-hydrogen) atoms. The molecule has 0 radical (unpaired) electrons. The van der Waals surface area contributed by atoms with Crippen molar-refractivity contribution < 1.29 is 4.57 Å². The van der Waals surface area contributed by atoms with Gasteiger partial charge in [-0.15, -0.1) is 0 Å². The maximum absolute atomic E-state index is 16.3. The molecule has 6 heteroatoms. The number of nitrogens with zero attached hydrogens (tertiary/aromatic N) is 4. The van der Waals surface area contributed by atoms with E-state index < -0.39 is 7.14 Å². The molecule has 4 aromatic heterocycles. The van der Waals surface area contributed by atoms with Gasteiger partial charge in [0.25, 0.3) is 0 Å². The fraction of sp³-hybridized carbons (Fsp3) is 0. The van der Waals surface area contributed by atoms with Gasteiger partial charge in [-0.25, -0.2) is 9.97 Å². The Balaban J connectivity index is 1.32. The number of hydrogen-bond donors (Lipinski definition) is 0. The van der Waals surface area contributed by atoms with Gasteiger partial charge in [-0.3, -0.25) is 9.97 Å². The molecular weight excluding hydrogens is 607 g/mol. The van der Waals surface area contributed by atoms with Gasteiger partial charge in [0.15, 0.2) is 0 Å². The summed E-state index contributed by atoms with van der Waals surface area (Å²) in [7, 11) is -3.66. The van der Waals surface area contributed by atoms with Crippen molar-refractivity contribution in [2.45, 2.75) is 0 Å². The molecule has 0 N–H and O–H groups in total. The molecule has 0 bridgehead atoms. The number of hydrogen-bond acceptors (Lipinski definition) is 5. The van der Waals surface area contributed by atoms with Gasteiger partial charge in [-0.05, 0) is 62.6 Å². The first kappa shape index (κ1) is 27.1. The molecule has 224 valence electrons. The molecule has 0 saturated heterocycles. The minimum atomic E-state index is -3.66. The van der Waals surface area contributed by atoms with Gasteiger partial charge in [0, 0.05) is 39.2 Å². The van der Waals surface area contributed by atoms with Crippen LogP contribution >= 0.6 is 7.14 Å². The van der Waals surface area contributed by atoms with Crippen LogP contribution in [-0.2, 0) is 4.57 Å². The summed E-state index contributed by atoms with van der Waals surface area (Å²) in [5.74, 6) is 0.